The highest BCUT2D eigenvalue weighted by molar-refractivity contribution is 5.76. The molecule has 0 rings (SSSR count). The molecule has 0 bridgehead atoms. The standard InChI is InChI=1S/C7H16N2O/c1-6(8-2)5-7(10)9(3)4/h6,8H,5H2,1-4H3. The summed E-state index contributed by atoms with van der Waals surface area (Å²) < 4.78 is 0. The van der Waals surface area contributed by atoms with Gasteiger partial charge in [0.25, 0.3) is 0 Å². The van der Waals surface area contributed by atoms with Gasteiger partial charge < -0.3 is 10.2 Å². The Bertz CT molecular complexity index is 112. The van der Waals surface area contributed by atoms with Crippen LogP contribution >= 0.6 is 0 Å². The van der Waals surface area contributed by atoms with E-state index in [9.17, 15) is 4.79 Å². The van der Waals surface area contributed by atoms with Crippen LogP contribution in [-0.2, 0) is 4.79 Å². The summed E-state index contributed by atoms with van der Waals surface area (Å²) in [7, 11) is 5.39. The van der Waals surface area contributed by atoms with Gasteiger partial charge in [-0.25, -0.2) is 0 Å². The fourth-order valence-corrected chi connectivity index (χ4v) is 0.547. The summed E-state index contributed by atoms with van der Waals surface area (Å²) in [5, 5.41) is 3.00. The van der Waals surface area contributed by atoms with Crippen LogP contribution in [0.3, 0.4) is 0 Å². The molecule has 0 spiro atoms. The van der Waals surface area contributed by atoms with E-state index in [-0.39, 0.29) is 11.9 Å². The van der Waals surface area contributed by atoms with Crippen LogP contribution in [0.25, 0.3) is 0 Å². The summed E-state index contributed by atoms with van der Waals surface area (Å²) in [6.45, 7) is 1.99. The lowest BCUT2D eigenvalue weighted by molar-refractivity contribution is -0.129. The quantitative estimate of drug-likeness (QED) is 0.608. The molecule has 60 valence electrons. The maximum absolute atomic E-state index is 11.0. The molecule has 0 aliphatic heterocycles. The molecule has 0 aromatic heterocycles. The number of nitrogens with zero attached hydrogens (tertiary/aromatic N) is 1. The second kappa shape index (κ2) is 4.28. The number of rotatable bonds is 3. The first kappa shape index (κ1) is 9.43. The number of hydrogen-bond donors (Lipinski definition) is 1. The first-order valence-electron chi connectivity index (χ1n) is 3.45. The van der Waals surface area contributed by atoms with E-state index >= 15 is 0 Å². The van der Waals surface area contributed by atoms with Gasteiger partial charge in [0.1, 0.15) is 0 Å². The van der Waals surface area contributed by atoms with Crippen LogP contribution in [0, 0.1) is 0 Å². The van der Waals surface area contributed by atoms with E-state index in [1.807, 2.05) is 14.0 Å². The largest absolute Gasteiger partial charge is 0.349 e. The third-order valence-electron chi connectivity index (χ3n) is 1.47. The molecule has 0 aromatic carbocycles. The summed E-state index contributed by atoms with van der Waals surface area (Å²) in [5.41, 5.74) is 0. The van der Waals surface area contributed by atoms with Gasteiger partial charge in [-0.1, -0.05) is 0 Å². The molecular formula is C7H16N2O. The number of amides is 1. The monoisotopic (exact) mass is 144 g/mol. The summed E-state index contributed by atoms with van der Waals surface area (Å²) in [4.78, 5) is 12.6. The molecule has 0 saturated heterocycles. The minimum absolute atomic E-state index is 0.168. The van der Waals surface area contributed by atoms with Crippen LogP contribution in [0.2, 0.25) is 0 Å². The summed E-state index contributed by atoms with van der Waals surface area (Å²) >= 11 is 0. The summed E-state index contributed by atoms with van der Waals surface area (Å²) in [6, 6.07) is 0.273. The molecule has 1 amide bonds. The molecule has 0 aromatic rings. The van der Waals surface area contributed by atoms with E-state index in [1.54, 1.807) is 19.0 Å². The number of hydrogen-bond acceptors (Lipinski definition) is 2. The highest BCUT2D eigenvalue weighted by Crippen LogP contribution is 1.92. The molecule has 1 atom stereocenters. The summed E-state index contributed by atoms with van der Waals surface area (Å²) in [5.74, 6) is 0.168. The zero-order valence-corrected chi connectivity index (χ0v) is 7.14. The Kier molecular flexibility index (Phi) is 4.03. The molecule has 0 fully saturated rings. The number of carbonyl (C=O) groups is 1. The molecule has 0 aliphatic rings. The third-order valence-corrected chi connectivity index (χ3v) is 1.47. The van der Waals surface area contributed by atoms with Gasteiger partial charge in [0.2, 0.25) is 5.91 Å². The first-order chi connectivity index (χ1) is 4.57. The topological polar surface area (TPSA) is 32.3 Å². The van der Waals surface area contributed by atoms with E-state index in [4.69, 9.17) is 0 Å². The fraction of sp³-hybridized carbons (Fsp3) is 0.857. The lowest BCUT2D eigenvalue weighted by atomic mass is 10.2. The predicted octanol–water partition coefficient (Wildman–Crippen LogP) is 0.0726. The Morgan fingerprint density at radius 2 is 2.10 bits per heavy atom. The van der Waals surface area contributed by atoms with Crippen molar-refractivity contribution < 1.29 is 4.79 Å². The van der Waals surface area contributed by atoms with Crippen molar-refractivity contribution in [1.82, 2.24) is 10.2 Å². The second-order valence-corrected chi connectivity index (χ2v) is 2.68. The van der Waals surface area contributed by atoms with Crippen molar-refractivity contribution in [2.45, 2.75) is 19.4 Å². The Hall–Kier alpha value is -0.570. The number of nitrogens with one attached hydrogen (secondary N) is 1. The van der Waals surface area contributed by atoms with Crippen molar-refractivity contribution in [3.63, 3.8) is 0 Å². The smallest absolute Gasteiger partial charge is 0.223 e. The van der Waals surface area contributed by atoms with E-state index in [1.165, 1.54) is 0 Å². The van der Waals surface area contributed by atoms with Gasteiger partial charge >= 0.3 is 0 Å². The van der Waals surface area contributed by atoms with Gasteiger partial charge in [0.05, 0.1) is 0 Å². The molecule has 0 radical (unpaired) electrons. The zero-order valence-electron chi connectivity index (χ0n) is 7.14. The van der Waals surface area contributed by atoms with E-state index in [0.29, 0.717) is 6.42 Å². The highest BCUT2D eigenvalue weighted by Gasteiger charge is 2.07. The Morgan fingerprint density at radius 3 is 2.40 bits per heavy atom. The van der Waals surface area contributed by atoms with Crippen LogP contribution in [-0.4, -0.2) is 38.0 Å². The Balaban J connectivity index is 3.57. The van der Waals surface area contributed by atoms with Crippen LogP contribution in [0.5, 0.6) is 0 Å². The maximum Gasteiger partial charge on any atom is 0.223 e. The minimum Gasteiger partial charge on any atom is -0.349 e. The fourth-order valence-electron chi connectivity index (χ4n) is 0.547. The second-order valence-electron chi connectivity index (χ2n) is 2.68. The SMILES string of the molecule is CNC(C)CC(=O)N(C)C. The zero-order chi connectivity index (χ0) is 8.15. The highest BCUT2D eigenvalue weighted by atomic mass is 16.2. The molecule has 3 nitrogen and oxygen atoms in total. The van der Waals surface area contributed by atoms with Crippen LogP contribution in [0.1, 0.15) is 13.3 Å². The van der Waals surface area contributed by atoms with Crippen molar-refractivity contribution in [3.8, 4) is 0 Å². The lowest BCUT2D eigenvalue weighted by Gasteiger charge is -2.13. The third kappa shape index (κ3) is 3.45. The average molecular weight is 144 g/mol. The van der Waals surface area contributed by atoms with Crippen LogP contribution < -0.4 is 5.32 Å². The van der Waals surface area contributed by atoms with E-state index in [0.717, 1.165) is 0 Å². The molecule has 0 saturated carbocycles. The Morgan fingerprint density at radius 1 is 1.60 bits per heavy atom. The minimum atomic E-state index is 0.168. The van der Waals surface area contributed by atoms with Crippen molar-refractivity contribution in [2.75, 3.05) is 21.1 Å². The van der Waals surface area contributed by atoms with Gasteiger partial charge in [0.15, 0.2) is 0 Å². The molecule has 0 aliphatic carbocycles. The van der Waals surface area contributed by atoms with Crippen molar-refractivity contribution >= 4 is 5.91 Å². The van der Waals surface area contributed by atoms with E-state index < -0.39 is 0 Å². The van der Waals surface area contributed by atoms with Crippen LogP contribution in [0.15, 0.2) is 0 Å². The van der Waals surface area contributed by atoms with Gasteiger partial charge in [-0.2, -0.15) is 0 Å². The molecular weight excluding hydrogens is 128 g/mol. The summed E-state index contributed by atoms with van der Waals surface area (Å²) in [6.07, 6.45) is 0.573. The average Bonchev–Trinajstić information content (AvgIpc) is 1.87. The molecule has 3 heteroatoms. The van der Waals surface area contributed by atoms with Crippen molar-refractivity contribution in [3.05, 3.63) is 0 Å². The lowest BCUT2D eigenvalue weighted by Crippen LogP contribution is -2.31. The first-order valence-corrected chi connectivity index (χ1v) is 3.45. The predicted molar refractivity (Wildman–Crippen MR) is 41.8 cm³/mol. The molecule has 0 heterocycles. The van der Waals surface area contributed by atoms with Crippen LogP contribution in [0.4, 0.5) is 0 Å². The molecule has 1 N–H and O–H groups in total. The van der Waals surface area contributed by atoms with Crippen molar-refractivity contribution in [2.24, 2.45) is 0 Å². The van der Waals surface area contributed by atoms with Gasteiger partial charge in [0, 0.05) is 26.6 Å². The normalized spacial score (nSPS) is 12.8. The number of carbonyl (C=O) groups excluding carboxylic acids is 1. The van der Waals surface area contributed by atoms with E-state index in [2.05, 4.69) is 5.32 Å². The molecule has 10 heavy (non-hydrogen) atoms. The van der Waals surface area contributed by atoms with Gasteiger partial charge in [-0.05, 0) is 14.0 Å². The molecule has 1 unspecified atom stereocenters. The van der Waals surface area contributed by atoms with Crippen molar-refractivity contribution in [1.29, 1.82) is 0 Å². The van der Waals surface area contributed by atoms with Gasteiger partial charge in [-0.15, -0.1) is 0 Å². The maximum atomic E-state index is 11.0. The van der Waals surface area contributed by atoms with Gasteiger partial charge in [-0.3, -0.25) is 4.79 Å². The Labute approximate surface area is 62.4 Å².